The van der Waals surface area contributed by atoms with E-state index in [1.165, 1.54) is 11.1 Å². The molecule has 1 aliphatic heterocycles. The van der Waals surface area contributed by atoms with Gasteiger partial charge in [-0.3, -0.25) is 14.4 Å². The summed E-state index contributed by atoms with van der Waals surface area (Å²) in [4.78, 5) is 17.1. The molecular formula is C20H23N5O. The molecule has 6 heteroatoms. The number of piperazine rings is 1. The van der Waals surface area contributed by atoms with Crippen LogP contribution in [0.25, 0.3) is 0 Å². The number of aromatic nitrogens is 2. The van der Waals surface area contributed by atoms with Crippen LogP contribution in [-0.4, -0.2) is 51.7 Å². The zero-order chi connectivity index (χ0) is 18.1. The highest BCUT2D eigenvalue weighted by atomic mass is 16.2. The molecule has 0 unspecified atom stereocenters. The Morgan fingerprint density at radius 2 is 1.96 bits per heavy atom. The first-order chi connectivity index (χ1) is 12.6. The molecule has 2 atom stereocenters. The minimum Gasteiger partial charge on any atom is -0.340 e. The number of aryl methyl sites for hydroxylation is 1. The molecule has 1 saturated carbocycles. The molecule has 2 aliphatic rings. The molecule has 1 aliphatic carbocycles. The summed E-state index contributed by atoms with van der Waals surface area (Å²) in [5.74, 6) is 0.800. The van der Waals surface area contributed by atoms with Gasteiger partial charge in [-0.2, -0.15) is 10.4 Å². The van der Waals surface area contributed by atoms with Gasteiger partial charge in [0.25, 0.3) is 0 Å². The van der Waals surface area contributed by atoms with Gasteiger partial charge in [-0.15, -0.1) is 0 Å². The SMILES string of the molecule is Cn1cc([C@H]2C[C@@H]2C(=O)N2CCN(Cc3ccc(C#N)cc3)CC2)cn1. The molecule has 1 aromatic carbocycles. The number of carbonyl (C=O) groups excluding carboxylic acids is 1. The highest BCUT2D eigenvalue weighted by molar-refractivity contribution is 5.83. The molecule has 1 aromatic heterocycles. The fraction of sp³-hybridized carbons (Fsp3) is 0.450. The van der Waals surface area contributed by atoms with Crippen LogP contribution in [0.1, 0.15) is 29.0 Å². The Kier molecular flexibility index (Phi) is 4.48. The van der Waals surface area contributed by atoms with Gasteiger partial charge in [-0.05, 0) is 35.6 Å². The lowest BCUT2D eigenvalue weighted by Crippen LogP contribution is -2.48. The fourth-order valence-corrected chi connectivity index (χ4v) is 3.77. The molecule has 2 heterocycles. The van der Waals surface area contributed by atoms with E-state index in [9.17, 15) is 4.79 Å². The van der Waals surface area contributed by atoms with Gasteiger partial charge in [0.1, 0.15) is 0 Å². The Hall–Kier alpha value is -2.65. The lowest BCUT2D eigenvalue weighted by atomic mass is 10.1. The van der Waals surface area contributed by atoms with Crippen LogP contribution in [0, 0.1) is 17.2 Å². The topological polar surface area (TPSA) is 65.2 Å². The second-order valence-electron chi connectivity index (χ2n) is 7.31. The number of nitriles is 1. The van der Waals surface area contributed by atoms with Gasteiger partial charge in [0.2, 0.25) is 5.91 Å². The zero-order valence-electron chi connectivity index (χ0n) is 15.0. The van der Waals surface area contributed by atoms with Crippen LogP contribution in [0.4, 0.5) is 0 Å². The van der Waals surface area contributed by atoms with E-state index >= 15 is 0 Å². The van der Waals surface area contributed by atoms with Gasteiger partial charge in [0.05, 0.1) is 17.8 Å². The average Bonchev–Trinajstić information content (AvgIpc) is 3.36. The van der Waals surface area contributed by atoms with Crippen molar-refractivity contribution < 1.29 is 4.79 Å². The quantitative estimate of drug-likeness (QED) is 0.843. The molecule has 0 N–H and O–H groups in total. The van der Waals surface area contributed by atoms with E-state index in [1.54, 1.807) is 4.68 Å². The molecule has 26 heavy (non-hydrogen) atoms. The van der Waals surface area contributed by atoms with Crippen molar-refractivity contribution >= 4 is 5.91 Å². The molecular weight excluding hydrogens is 326 g/mol. The number of carbonyl (C=O) groups is 1. The molecule has 134 valence electrons. The molecule has 6 nitrogen and oxygen atoms in total. The average molecular weight is 349 g/mol. The van der Waals surface area contributed by atoms with E-state index in [4.69, 9.17) is 5.26 Å². The van der Waals surface area contributed by atoms with Crippen LogP contribution >= 0.6 is 0 Å². The van der Waals surface area contributed by atoms with Gasteiger partial charge in [-0.25, -0.2) is 0 Å². The summed E-state index contributed by atoms with van der Waals surface area (Å²) in [6.07, 6.45) is 4.86. The summed E-state index contributed by atoms with van der Waals surface area (Å²) in [5.41, 5.74) is 3.09. The molecule has 1 saturated heterocycles. The second-order valence-corrected chi connectivity index (χ2v) is 7.31. The van der Waals surface area contributed by atoms with Crippen LogP contribution in [0.2, 0.25) is 0 Å². The van der Waals surface area contributed by atoms with E-state index in [1.807, 2.05) is 48.6 Å². The van der Waals surface area contributed by atoms with E-state index in [2.05, 4.69) is 16.1 Å². The summed E-state index contributed by atoms with van der Waals surface area (Å²) in [6, 6.07) is 9.90. The first kappa shape index (κ1) is 16.8. The molecule has 2 fully saturated rings. The fourth-order valence-electron chi connectivity index (χ4n) is 3.77. The predicted molar refractivity (Wildman–Crippen MR) is 97.1 cm³/mol. The highest BCUT2D eigenvalue weighted by Gasteiger charge is 2.46. The monoisotopic (exact) mass is 349 g/mol. The van der Waals surface area contributed by atoms with Gasteiger partial charge in [-0.1, -0.05) is 12.1 Å². The van der Waals surface area contributed by atoms with Gasteiger partial charge in [0, 0.05) is 51.9 Å². The molecule has 4 rings (SSSR count). The molecule has 2 aromatic rings. The van der Waals surface area contributed by atoms with Crippen molar-refractivity contribution in [1.29, 1.82) is 5.26 Å². The number of benzene rings is 1. The molecule has 0 bridgehead atoms. The summed E-state index contributed by atoms with van der Waals surface area (Å²) >= 11 is 0. The van der Waals surface area contributed by atoms with E-state index < -0.39 is 0 Å². The van der Waals surface area contributed by atoms with Gasteiger partial charge < -0.3 is 4.90 Å². The first-order valence-electron chi connectivity index (χ1n) is 9.13. The lowest BCUT2D eigenvalue weighted by Gasteiger charge is -2.35. The van der Waals surface area contributed by atoms with E-state index in [0.29, 0.717) is 17.4 Å². The van der Waals surface area contributed by atoms with Crippen molar-refractivity contribution in [1.82, 2.24) is 19.6 Å². The molecule has 0 spiro atoms. The van der Waals surface area contributed by atoms with Gasteiger partial charge in [0.15, 0.2) is 0 Å². The van der Waals surface area contributed by atoms with Crippen LogP contribution in [0.3, 0.4) is 0 Å². The Balaban J connectivity index is 1.27. The summed E-state index contributed by atoms with van der Waals surface area (Å²) in [6.45, 7) is 4.26. The summed E-state index contributed by atoms with van der Waals surface area (Å²) in [5, 5.41) is 13.1. The van der Waals surface area contributed by atoms with Crippen LogP contribution in [0.5, 0.6) is 0 Å². The van der Waals surface area contributed by atoms with E-state index in [0.717, 1.165) is 39.1 Å². The van der Waals surface area contributed by atoms with Crippen LogP contribution < -0.4 is 0 Å². The van der Waals surface area contributed by atoms with Crippen molar-refractivity contribution in [2.75, 3.05) is 26.2 Å². The van der Waals surface area contributed by atoms with Crippen molar-refractivity contribution in [3.05, 3.63) is 53.3 Å². The molecule has 1 amide bonds. The second kappa shape index (κ2) is 6.93. The Morgan fingerprint density at radius 3 is 2.58 bits per heavy atom. The normalized spacial score (nSPS) is 22.8. The third-order valence-corrected chi connectivity index (χ3v) is 5.43. The number of rotatable bonds is 4. The van der Waals surface area contributed by atoms with Crippen molar-refractivity contribution in [3.8, 4) is 6.07 Å². The zero-order valence-corrected chi connectivity index (χ0v) is 15.0. The first-order valence-corrected chi connectivity index (χ1v) is 9.13. The van der Waals surface area contributed by atoms with Crippen molar-refractivity contribution in [2.45, 2.75) is 18.9 Å². The Labute approximate surface area is 153 Å². The maximum Gasteiger partial charge on any atom is 0.226 e. The number of hydrogen-bond donors (Lipinski definition) is 0. The standard InChI is InChI=1S/C20H23N5O/c1-23-14-17(12-22-23)18-10-19(18)20(26)25-8-6-24(7-9-25)13-16-4-2-15(11-21)3-5-16/h2-5,12,14,18-19H,6-10,13H2,1H3/t18-,19+/m1/s1. The third-order valence-electron chi connectivity index (χ3n) is 5.43. The maximum absolute atomic E-state index is 12.7. The van der Waals surface area contributed by atoms with Gasteiger partial charge >= 0.3 is 0 Å². The largest absolute Gasteiger partial charge is 0.340 e. The number of nitrogens with zero attached hydrogens (tertiary/aromatic N) is 5. The van der Waals surface area contributed by atoms with Crippen LogP contribution in [-0.2, 0) is 18.4 Å². The van der Waals surface area contributed by atoms with E-state index in [-0.39, 0.29) is 5.92 Å². The number of hydrogen-bond acceptors (Lipinski definition) is 4. The van der Waals surface area contributed by atoms with Crippen LogP contribution in [0.15, 0.2) is 36.7 Å². The number of amides is 1. The minimum atomic E-state index is 0.143. The minimum absolute atomic E-state index is 0.143. The summed E-state index contributed by atoms with van der Waals surface area (Å²) < 4.78 is 1.80. The van der Waals surface area contributed by atoms with Crippen molar-refractivity contribution in [2.24, 2.45) is 13.0 Å². The molecule has 0 radical (unpaired) electrons. The van der Waals surface area contributed by atoms with Crippen molar-refractivity contribution in [3.63, 3.8) is 0 Å². The Bertz CT molecular complexity index is 827. The third kappa shape index (κ3) is 3.49. The predicted octanol–water partition coefficient (Wildman–Crippen LogP) is 1.74. The maximum atomic E-state index is 12.7. The summed E-state index contributed by atoms with van der Waals surface area (Å²) in [7, 11) is 1.91. The Morgan fingerprint density at radius 1 is 1.23 bits per heavy atom. The lowest BCUT2D eigenvalue weighted by molar-refractivity contribution is -0.134. The smallest absolute Gasteiger partial charge is 0.226 e. The highest BCUT2D eigenvalue weighted by Crippen LogP contribution is 2.48.